The summed E-state index contributed by atoms with van der Waals surface area (Å²) < 4.78 is 87.4. The highest BCUT2D eigenvalue weighted by atomic mass is 32.3. The highest BCUT2D eigenvalue weighted by molar-refractivity contribution is 7.91. The van der Waals surface area contributed by atoms with Gasteiger partial charge < -0.3 is 11.1 Å². The van der Waals surface area contributed by atoms with E-state index in [0.717, 1.165) is 12.1 Å². The molecule has 0 heterocycles. The number of nitrogens with two attached hydrogens (primary N) is 1. The number of nitrogen functional groups attached to an aromatic ring is 1. The van der Waals surface area contributed by atoms with Crippen LogP contribution in [0.25, 0.3) is 0 Å². The minimum absolute atomic E-state index is 0.182. The first-order chi connectivity index (χ1) is 11.7. The van der Waals surface area contributed by atoms with E-state index in [0.29, 0.717) is 0 Å². The number of sulfone groups is 1. The second kappa shape index (κ2) is 8.28. The fourth-order valence-electron chi connectivity index (χ4n) is 1.69. The van der Waals surface area contributed by atoms with Crippen LogP contribution in [0.5, 0.6) is 0 Å². The van der Waals surface area contributed by atoms with Gasteiger partial charge >= 0.3 is 10.4 Å². The average Bonchev–Trinajstić information content (AvgIpc) is 2.44. The number of hydrogen-bond donors (Lipinski definition) is 4. The molecule has 0 bridgehead atoms. The molecule has 0 saturated heterocycles. The van der Waals surface area contributed by atoms with Gasteiger partial charge in [-0.3, -0.25) is 13.9 Å². The van der Waals surface area contributed by atoms with E-state index >= 15 is 0 Å². The van der Waals surface area contributed by atoms with Crippen LogP contribution in [0, 0.1) is 0 Å². The Balaban J connectivity index is 2.65. The lowest BCUT2D eigenvalue weighted by molar-refractivity contribution is 0.0956. The predicted octanol–water partition coefficient (Wildman–Crippen LogP) is -1.52. The summed E-state index contributed by atoms with van der Waals surface area (Å²) in [6, 6.07) is 3.09. The van der Waals surface area contributed by atoms with Crippen LogP contribution in [0.4, 0.5) is 5.69 Å². The van der Waals surface area contributed by atoms with Gasteiger partial charge in [0.25, 0.3) is 16.0 Å². The van der Waals surface area contributed by atoms with E-state index in [1.807, 2.05) is 0 Å². The molecular weight excluding hydrogens is 416 g/mol. The minimum Gasteiger partial charge on any atom is -0.398 e. The molecule has 1 aromatic carbocycles. The lowest BCUT2D eigenvalue weighted by atomic mass is 10.2. The second-order valence-corrected chi connectivity index (χ2v) is 9.67. The van der Waals surface area contributed by atoms with E-state index < -0.39 is 59.3 Å². The van der Waals surface area contributed by atoms with Crippen LogP contribution in [0.1, 0.15) is 10.4 Å². The van der Waals surface area contributed by atoms with Crippen molar-refractivity contribution in [2.45, 2.75) is 4.90 Å². The Bertz CT molecular complexity index is 983. The Morgan fingerprint density at radius 2 is 1.69 bits per heavy atom. The molecule has 0 radical (unpaired) electrons. The van der Waals surface area contributed by atoms with Crippen molar-refractivity contribution >= 4 is 41.9 Å². The van der Waals surface area contributed by atoms with Crippen molar-refractivity contribution in [1.29, 1.82) is 0 Å². The van der Waals surface area contributed by atoms with Crippen LogP contribution < -0.4 is 11.1 Å². The lowest BCUT2D eigenvalue weighted by Gasteiger charge is -2.08. The molecule has 26 heavy (non-hydrogen) atoms. The molecule has 1 rings (SSSR count). The maximum Gasteiger partial charge on any atom is 0.397 e. The zero-order valence-electron chi connectivity index (χ0n) is 13.0. The van der Waals surface area contributed by atoms with Gasteiger partial charge in [0.05, 0.1) is 23.8 Å². The quantitative estimate of drug-likeness (QED) is 0.260. The Morgan fingerprint density at radius 1 is 1.08 bits per heavy atom. The first-order valence-corrected chi connectivity index (χ1v) is 11.3. The molecule has 12 nitrogen and oxygen atoms in total. The maximum absolute atomic E-state index is 11.9. The normalized spacial score (nSPS) is 12.7. The van der Waals surface area contributed by atoms with Gasteiger partial charge in [0, 0.05) is 12.1 Å². The maximum atomic E-state index is 11.9. The summed E-state index contributed by atoms with van der Waals surface area (Å²) in [5.41, 5.74) is 4.93. The summed E-state index contributed by atoms with van der Waals surface area (Å²) in [7, 11) is -13.2. The first kappa shape index (κ1) is 22.3. The Labute approximate surface area is 150 Å². The highest BCUT2D eigenvalue weighted by Crippen LogP contribution is 2.19. The average molecular weight is 432 g/mol. The molecule has 148 valence electrons. The van der Waals surface area contributed by atoms with E-state index in [2.05, 4.69) is 9.50 Å². The number of amides is 1. The van der Waals surface area contributed by atoms with E-state index in [4.69, 9.17) is 14.8 Å². The molecule has 0 aromatic heterocycles. The monoisotopic (exact) mass is 432 g/mol. The van der Waals surface area contributed by atoms with Gasteiger partial charge in [0.1, 0.15) is 4.90 Å². The van der Waals surface area contributed by atoms with Gasteiger partial charge in [-0.1, -0.05) is 0 Å². The zero-order chi connectivity index (χ0) is 20.2. The molecule has 0 aliphatic carbocycles. The molecule has 0 saturated carbocycles. The van der Waals surface area contributed by atoms with Gasteiger partial charge in [0.15, 0.2) is 9.84 Å². The van der Waals surface area contributed by atoms with Crippen molar-refractivity contribution in [2.24, 2.45) is 0 Å². The number of benzene rings is 1. The molecule has 1 aromatic rings. The minimum atomic E-state index is -4.75. The zero-order valence-corrected chi connectivity index (χ0v) is 15.5. The molecule has 0 fully saturated rings. The van der Waals surface area contributed by atoms with Crippen LogP contribution in [-0.2, 0) is 34.5 Å². The Kier molecular flexibility index (Phi) is 7.09. The Hall–Kier alpha value is -1.78. The molecule has 5 N–H and O–H groups in total. The third-order valence-electron chi connectivity index (χ3n) is 2.88. The summed E-state index contributed by atoms with van der Waals surface area (Å²) >= 11 is 0. The van der Waals surface area contributed by atoms with Crippen LogP contribution in [0.3, 0.4) is 0 Å². The fraction of sp³-hybridized carbons (Fsp3) is 0.364. The first-order valence-electron chi connectivity index (χ1n) is 6.69. The number of carbonyl (C=O) groups is 1. The van der Waals surface area contributed by atoms with Crippen molar-refractivity contribution < 1.29 is 43.3 Å². The largest absolute Gasteiger partial charge is 0.398 e. The van der Waals surface area contributed by atoms with Crippen molar-refractivity contribution in [3.63, 3.8) is 0 Å². The predicted molar refractivity (Wildman–Crippen MR) is 89.2 cm³/mol. The van der Waals surface area contributed by atoms with Crippen molar-refractivity contribution in [3.8, 4) is 0 Å². The molecule has 15 heteroatoms. The van der Waals surface area contributed by atoms with Crippen LogP contribution in [0.15, 0.2) is 23.1 Å². The summed E-state index contributed by atoms with van der Waals surface area (Å²) in [5.74, 6) is -2.09. The molecule has 0 atom stereocenters. The topological polar surface area (TPSA) is 207 Å². The van der Waals surface area contributed by atoms with Crippen LogP contribution in [0.2, 0.25) is 0 Å². The summed E-state index contributed by atoms with van der Waals surface area (Å²) in [5, 5.41) is 2.22. The van der Waals surface area contributed by atoms with Gasteiger partial charge in [-0.15, -0.1) is 0 Å². The third kappa shape index (κ3) is 7.63. The third-order valence-corrected chi connectivity index (χ3v) is 5.87. The van der Waals surface area contributed by atoms with Crippen LogP contribution >= 0.6 is 0 Å². The molecule has 0 unspecified atom stereocenters. The van der Waals surface area contributed by atoms with Gasteiger partial charge in [-0.05, 0) is 18.2 Å². The summed E-state index contributed by atoms with van der Waals surface area (Å²) in [4.78, 5) is 11.2. The van der Waals surface area contributed by atoms with Gasteiger partial charge in [0.2, 0.25) is 0 Å². The number of hydrogen-bond acceptors (Lipinski definition) is 9. The van der Waals surface area contributed by atoms with Crippen molar-refractivity contribution in [3.05, 3.63) is 23.8 Å². The molecular formula is C11H16N2O10S3. The second-order valence-electron chi connectivity index (χ2n) is 4.89. The number of carbonyl (C=O) groups excluding carboxylic acids is 1. The molecule has 0 aliphatic rings. The number of anilines is 1. The fourth-order valence-corrected chi connectivity index (χ4v) is 3.69. The number of rotatable bonds is 9. The molecule has 1 amide bonds. The molecule has 0 aliphatic heterocycles. The van der Waals surface area contributed by atoms with Crippen molar-refractivity contribution in [1.82, 2.24) is 5.32 Å². The standard InChI is InChI=1S/C11H16N2O10S3/c12-9-2-1-8(7-10(9)25(17,18)19)11(14)13-3-5-24(15,16)6-4-23-26(20,21)22/h1-2,7H,3-6,12H2,(H,13,14)(H,17,18,19)(H,20,21,22). The van der Waals surface area contributed by atoms with Gasteiger partial charge in [-0.2, -0.15) is 16.8 Å². The SMILES string of the molecule is Nc1ccc(C(=O)NCCS(=O)(=O)CCOS(=O)(=O)O)cc1S(=O)(=O)O. The van der Waals surface area contributed by atoms with E-state index in [1.54, 1.807) is 0 Å². The number of nitrogens with one attached hydrogen (secondary N) is 1. The van der Waals surface area contributed by atoms with Crippen molar-refractivity contribution in [2.75, 3.05) is 30.4 Å². The summed E-state index contributed by atoms with van der Waals surface area (Å²) in [6.45, 7) is -1.15. The smallest absolute Gasteiger partial charge is 0.397 e. The van der Waals surface area contributed by atoms with Crippen LogP contribution in [-0.4, -0.2) is 64.9 Å². The van der Waals surface area contributed by atoms with E-state index in [9.17, 15) is 30.0 Å². The Morgan fingerprint density at radius 3 is 2.23 bits per heavy atom. The van der Waals surface area contributed by atoms with Gasteiger partial charge in [-0.25, -0.2) is 12.6 Å². The van der Waals surface area contributed by atoms with E-state index in [1.165, 1.54) is 6.07 Å². The summed E-state index contributed by atoms with van der Waals surface area (Å²) in [6.07, 6.45) is 0. The van der Waals surface area contributed by atoms with E-state index in [-0.39, 0.29) is 17.8 Å². The lowest BCUT2D eigenvalue weighted by Crippen LogP contribution is -2.30. The molecule has 0 spiro atoms. The highest BCUT2D eigenvalue weighted by Gasteiger charge is 2.18.